The normalized spacial score (nSPS) is 22.5. The SMILES string of the molecule is C=CCN(CCO)C(=O)[C@@H]1CC=CC[C@@H]1C(=O)O. The summed E-state index contributed by atoms with van der Waals surface area (Å²) in [6.07, 6.45) is 6.03. The van der Waals surface area contributed by atoms with E-state index in [2.05, 4.69) is 6.58 Å². The zero-order chi connectivity index (χ0) is 13.5. The summed E-state index contributed by atoms with van der Waals surface area (Å²) in [4.78, 5) is 24.8. The van der Waals surface area contributed by atoms with E-state index in [9.17, 15) is 9.59 Å². The summed E-state index contributed by atoms with van der Waals surface area (Å²) in [6.45, 7) is 3.95. The van der Waals surface area contributed by atoms with Crippen LogP contribution in [-0.2, 0) is 9.59 Å². The van der Waals surface area contributed by atoms with Gasteiger partial charge in [0.15, 0.2) is 0 Å². The molecular weight excluding hydrogens is 234 g/mol. The average Bonchev–Trinajstić information content (AvgIpc) is 2.37. The van der Waals surface area contributed by atoms with Gasteiger partial charge in [0, 0.05) is 13.1 Å². The molecule has 0 saturated carbocycles. The van der Waals surface area contributed by atoms with Crippen molar-refractivity contribution < 1.29 is 19.8 Å². The van der Waals surface area contributed by atoms with Gasteiger partial charge in [0.2, 0.25) is 5.91 Å². The van der Waals surface area contributed by atoms with Crippen LogP contribution >= 0.6 is 0 Å². The average molecular weight is 253 g/mol. The summed E-state index contributed by atoms with van der Waals surface area (Å²) in [5.74, 6) is -2.38. The van der Waals surface area contributed by atoms with E-state index in [0.29, 0.717) is 19.4 Å². The number of carboxylic acids is 1. The molecule has 5 nitrogen and oxygen atoms in total. The molecule has 1 amide bonds. The summed E-state index contributed by atoms with van der Waals surface area (Å²) in [5, 5.41) is 18.1. The Bertz CT molecular complexity index is 351. The maximum atomic E-state index is 12.3. The zero-order valence-electron chi connectivity index (χ0n) is 10.3. The van der Waals surface area contributed by atoms with Crippen LogP contribution in [0.25, 0.3) is 0 Å². The third-order valence-corrected chi connectivity index (χ3v) is 3.10. The van der Waals surface area contributed by atoms with Gasteiger partial charge in [-0.05, 0) is 12.8 Å². The van der Waals surface area contributed by atoms with E-state index in [1.165, 1.54) is 4.90 Å². The molecule has 0 fully saturated rings. The minimum absolute atomic E-state index is 0.139. The van der Waals surface area contributed by atoms with E-state index in [4.69, 9.17) is 10.2 Å². The molecule has 0 spiro atoms. The lowest BCUT2D eigenvalue weighted by Crippen LogP contribution is -2.43. The van der Waals surface area contributed by atoms with Gasteiger partial charge in [0.25, 0.3) is 0 Å². The monoisotopic (exact) mass is 253 g/mol. The van der Waals surface area contributed by atoms with E-state index in [1.54, 1.807) is 12.2 Å². The molecule has 0 saturated heterocycles. The number of carbonyl (C=O) groups excluding carboxylic acids is 1. The second-order valence-corrected chi connectivity index (χ2v) is 4.29. The fourth-order valence-corrected chi connectivity index (χ4v) is 2.16. The Morgan fingerprint density at radius 1 is 1.33 bits per heavy atom. The van der Waals surface area contributed by atoms with Crippen molar-refractivity contribution >= 4 is 11.9 Å². The standard InChI is InChI=1S/C13H19NO4/c1-2-7-14(8-9-15)12(16)10-5-3-4-6-11(10)13(17)18/h2-4,10-11,15H,1,5-9H2,(H,17,18)/t10-,11+/m1/s1. The van der Waals surface area contributed by atoms with Crippen molar-refractivity contribution in [3.63, 3.8) is 0 Å². The number of amides is 1. The number of hydrogen-bond acceptors (Lipinski definition) is 3. The molecule has 5 heteroatoms. The van der Waals surface area contributed by atoms with Crippen LogP contribution in [0.4, 0.5) is 0 Å². The number of nitrogens with zero attached hydrogens (tertiary/aromatic N) is 1. The van der Waals surface area contributed by atoms with Gasteiger partial charge in [-0.25, -0.2) is 0 Å². The van der Waals surface area contributed by atoms with E-state index < -0.39 is 17.8 Å². The molecule has 0 heterocycles. The molecule has 0 unspecified atom stereocenters. The largest absolute Gasteiger partial charge is 0.481 e. The molecule has 0 aliphatic heterocycles. The second-order valence-electron chi connectivity index (χ2n) is 4.29. The molecule has 1 aliphatic carbocycles. The predicted molar refractivity (Wildman–Crippen MR) is 66.9 cm³/mol. The van der Waals surface area contributed by atoms with Crippen molar-refractivity contribution in [3.8, 4) is 0 Å². The lowest BCUT2D eigenvalue weighted by molar-refractivity contribution is -0.150. The molecule has 100 valence electrons. The van der Waals surface area contributed by atoms with Crippen LogP contribution in [0, 0.1) is 11.8 Å². The van der Waals surface area contributed by atoms with Gasteiger partial charge in [-0.1, -0.05) is 18.2 Å². The third kappa shape index (κ3) is 3.43. The number of allylic oxidation sites excluding steroid dienone is 2. The van der Waals surface area contributed by atoms with Gasteiger partial charge in [0.1, 0.15) is 0 Å². The van der Waals surface area contributed by atoms with Crippen LogP contribution in [-0.4, -0.2) is 46.7 Å². The lowest BCUT2D eigenvalue weighted by atomic mass is 9.82. The number of carbonyl (C=O) groups is 2. The predicted octanol–water partition coefficient (Wildman–Crippen LogP) is 0.660. The first kappa shape index (κ1) is 14.4. The Labute approximate surface area is 106 Å². The van der Waals surface area contributed by atoms with Crippen molar-refractivity contribution in [1.82, 2.24) is 4.90 Å². The Hall–Kier alpha value is -1.62. The Balaban J connectivity index is 2.81. The smallest absolute Gasteiger partial charge is 0.307 e. The Morgan fingerprint density at radius 2 is 1.94 bits per heavy atom. The maximum absolute atomic E-state index is 12.3. The molecule has 18 heavy (non-hydrogen) atoms. The van der Waals surface area contributed by atoms with Crippen molar-refractivity contribution in [2.75, 3.05) is 19.7 Å². The summed E-state index contributed by atoms with van der Waals surface area (Å²) in [7, 11) is 0. The van der Waals surface area contributed by atoms with Crippen LogP contribution < -0.4 is 0 Å². The molecular formula is C13H19NO4. The molecule has 0 radical (unpaired) electrons. The van der Waals surface area contributed by atoms with Gasteiger partial charge >= 0.3 is 5.97 Å². The highest BCUT2D eigenvalue weighted by molar-refractivity contribution is 5.85. The first-order valence-electron chi connectivity index (χ1n) is 6.00. The molecule has 0 bridgehead atoms. The summed E-state index contributed by atoms with van der Waals surface area (Å²) >= 11 is 0. The highest BCUT2D eigenvalue weighted by atomic mass is 16.4. The summed E-state index contributed by atoms with van der Waals surface area (Å²) in [6, 6.07) is 0. The van der Waals surface area contributed by atoms with Crippen molar-refractivity contribution in [2.24, 2.45) is 11.8 Å². The first-order valence-corrected chi connectivity index (χ1v) is 6.00. The van der Waals surface area contributed by atoms with Crippen molar-refractivity contribution in [1.29, 1.82) is 0 Å². The maximum Gasteiger partial charge on any atom is 0.307 e. The van der Waals surface area contributed by atoms with E-state index in [-0.39, 0.29) is 19.1 Å². The van der Waals surface area contributed by atoms with Gasteiger partial charge in [-0.3, -0.25) is 9.59 Å². The second kappa shape index (κ2) is 6.96. The van der Waals surface area contributed by atoms with Gasteiger partial charge in [-0.15, -0.1) is 6.58 Å². The van der Waals surface area contributed by atoms with Gasteiger partial charge in [-0.2, -0.15) is 0 Å². The van der Waals surface area contributed by atoms with Crippen LogP contribution in [0.3, 0.4) is 0 Å². The highest BCUT2D eigenvalue weighted by Gasteiger charge is 2.35. The fraction of sp³-hybridized carbons (Fsp3) is 0.538. The molecule has 1 aliphatic rings. The topological polar surface area (TPSA) is 77.8 Å². The first-order chi connectivity index (χ1) is 8.61. The number of rotatable bonds is 6. The van der Waals surface area contributed by atoms with Gasteiger partial charge in [0.05, 0.1) is 18.4 Å². The zero-order valence-corrected chi connectivity index (χ0v) is 10.3. The molecule has 0 aromatic carbocycles. The summed E-state index contributed by atoms with van der Waals surface area (Å²) in [5.41, 5.74) is 0. The van der Waals surface area contributed by atoms with Crippen LogP contribution in [0.2, 0.25) is 0 Å². The molecule has 2 N–H and O–H groups in total. The Morgan fingerprint density at radius 3 is 2.44 bits per heavy atom. The third-order valence-electron chi connectivity index (χ3n) is 3.10. The van der Waals surface area contributed by atoms with E-state index >= 15 is 0 Å². The minimum atomic E-state index is -0.944. The van der Waals surface area contributed by atoms with Crippen LogP contribution in [0.5, 0.6) is 0 Å². The molecule has 2 atom stereocenters. The van der Waals surface area contributed by atoms with Crippen molar-refractivity contribution in [3.05, 3.63) is 24.8 Å². The Kier molecular flexibility index (Phi) is 5.58. The van der Waals surface area contributed by atoms with Crippen LogP contribution in [0.15, 0.2) is 24.8 Å². The quantitative estimate of drug-likeness (QED) is 0.682. The summed E-state index contributed by atoms with van der Waals surface area (Å²) < 4.78 is 0. The highest BCUT2D eigenvalue weighted by Crippen LogP contribution is 2.27. The molecule has 0 aromatic heterocycles. The number of hydrogen-bond donors (Lipinski definition) is 2. The van der Waals surface area contributed by atoms with Crippen molar-refractivity contribution in [2.45, 2.75) is 12.8 Å². The molecule has 0 aromatic rings. The number of aliphatic hydroxyl groups excluding tert-OH is 1. The number of aliphatic carboxylic acids is 1. The molecule has 1 rings (SSSR count). The fourth-order valence-electron chi connectivity index (χ4n) is 2.16. The number of carboxylic acid groups (broad SMARTS) is 1. The van der Waals surface area contributed by atoms with Crippen LogP contribution in [0.1, 0.15) is 12.8 Å². The van der Waals surface area contributed by atoms with E-state index in [0.717, 1.165) is 0 Å². The van der Waals surface area contributed by atoms with Gasteiger partial charge < -0.3 is 15.1 Å². The number of aliphatic hydroxyl groups is 1. The minimum Gasteiger partial charge on any atom is -0.481 e. The van der Waals surface area contributed by atoms with E-state index in [1.807, 2.05) is 6.08 Å². The lowest BCUT2D eigenvalue weighted by Gasteiger charge is -2.30.